The molecule has 4 nitrogen and oxygen atoms in total. The van der Waals surface area contributed by atoms with Crippen molar-refractivity contribution in [3.05, 3.63) is 99.4 Å². The Labute approximate surface area is 198 Å². The van der Waals surface area contributed by atoms with Crippen molar-refractivity contribution in [2.45, 2.75) is 20.5 Å². The minimum Gasteiger partial charge on any atom is -0.493 e. The Morgan fingerprint density at radius 2 is 1.82 bits per heavy atom. The number of methoxy groups -OCH3 is 1. The number of allylic oxidation sites excluding steroid dienone is 1. The number of aryl methyl sites for hydroxylation is 2. The molecule has 0 aliphatic rings. The predicted octanol–water partition coefficient (Wildman–Crippen LogP) is 7.08. The Morgan fingerprint density at radius 3 is 2.55 bits per heavy atom. The third-order valence-corrected chi connectivity index (χ3v) is 6.27. The minimum absolute atomic E-state index is 0.455. The van der Waals surface area contributed by atoms with Crippen molar-refractivity contribution in [1.29, 1.82) is 5.26 Å². The molecule has 0 N–H and O–H groups in total. The molecule has 0 radical (unpaired) electrons. The van der Waals surface area contributed by atoms with E-state index >= 15 is 0 Å². The molecule has 0 saturated carbocycles. The summed E-state index contributed by atoms with van der Waals surface area (Å²) in [5, 5.41) is 12.5. The number of hydrogen-bond acceptors (Lipinski definition) is 5. The van der Waals surface area contributed by atoms with Crippen LogP contribution in [0.3, 0.4) is 0 Å². The molecule has 33 heavy (non-hydrogen) atoms. The van der Waals surface area contributed by atoms with Crippen LogP contribution in [0.5, 0.6) is 11.5 Å². The lowest BCUT2D eigenvalue weighted by atomic mass is 10.1. The summed E-state index contributed by atoms with van der Waals surface area (Å²) in [6.07, 6.45) is 1.83. The zero-order valence-corrected chi connectivity index (χ0v) is 19.6. The van der Waals surface area contributed by atoms with Gasteiger partial charge in [0.15, 0.2) is 11.5 Å². The van der Waals surface area contributed by atoms with Gasteiger partial charge in [0.2, 0.25) is 0 Å². The van der Waals surface area contributed by atoms with Crippen molar-refractivity contribution in [3.63, 3.8) is 0 Å². The molecule has 0 saturated heterocycles. The van der Waals surface area contributed by atoms with E-state index in [1.165, 1.54) is 22.5 Å². The van der Waals surface area contributed by atoms with Gasteiger partial charge in [-0.2, -0.15) is 5.26 Å². The predicted molar refractivity (Wildman–Crippen MR) is 134 cm³/mol. The summed E-state index contributed by atoms with van der Waals surface area (Å²) in [4.78, 5) is 4.71. The van der Waals surface area contributed by atoms with Crippen LogP contribution in [0.4, 0.5) is 0 Å². The van der Waals surface area contributed by atoms with Crippen LogP contribution in [0.25, 0.3) is 22.9 Å². The Bertz CT molecular complexity index is 1330. The fourth-order valence-electron chi connectivity index (χ4n) is 3.37. The van der Waals surface area contributed by atoms with Crippen molar-refractivity contribution in [1.82, 2.24) is 4.98 Å². The van der Waals surface area contributed by atoms with Gasteiger partial charge in [0, 0.05) is 10.9 Å². The van der Waals surface area contributed by atoms with Crippen LogP contribution in [0.1, 0.15) is 27.3 Å². The van der Waals surface area contributed by atoms with E-state index < -0.39 is 0 Å². The second-order valence-corrected chi connectivity index (χ2v) is 8.55. The number of benzene rings is 3. The molecule has 164 valence electrons. The molecule has 3 aromatic carbocycles. The maximum absolute atomic E-state index is 9.78. The summed E-state index contributed by atoms with van der Waals surface area (Å²) in [6, 6.07) is 24.2. The van der Waals surface area contributed by atoms with Crippen LogP contribution in [0.15, 0.2) is 72.1 Å². The molecule has 0 atom stereocenters. The van der Waals surface area contributed by atoms with Gasteiger partial charge in [0.25, 0.3) is 0 Å². The average molecular weight is 453 g/mol. The molecule has 0 unspecified atom stereocenters. The highest BCUT2D eigenvalue weighted by atomic mass is 32.1. The maximum Gasteiger partial charge on any atom is 0.161 e. The molecule has 4 aromatic rings. The van der Waals surface area contributed by atoms with Gasteiger partial charge < -0.3 is 9.47 Å². The molecule has 0 aliphatic carbocycles. The zero-order chi connectivity index (χ0) is 23.2. The zero-order valence-electron chi connectivity index (χ0n) is 18.8. The van der Waals surface area contributed by atoms with Gasteiger partial charge in [0.1, 0.15) is 17.7 Å². The molecule has 1 heterocycles. The van der Waals surface area contributed by atoms with Crippen LogP contribution < -0.4 is 9.47 Å². The lowest BCUT2D eigenvalue weighted by Crippen LogP contribution is -1.97. The van der Waals surface area contributed by atoms with E-state index in [1.54, 1.807) is 7.11 Å². The largest absolute Gasteiger partial charge is 0.493 e. The van der Waals surface area contributed by atoms with E-state index in [4.69, 9.17) is 14.5 Å². The number of rotatable bonds is 7. The number of nitriles is 1. The summed E-state index contributed by atoms with van der Waals surface area (Å²) < 4.78 is 11.5. The van der Waals surface area contributed by atoms with E-state index in [0.717, 1.165) is 22.4 Å². The van der Waals surface area contributed by atoms with Crippen molar-refractivity contribution in [2.24, 2.45) is 0 Å². The molecule has 4 rings (SSSR count). The highest BCUT2D eigenvalue weighted by Gasteiger charge is 2.11. The van der Waals surface area contributed by atoms with E-state index in [1.807, 2.05) is 60.0 Å². The van der Waals surface area contributed by atoms with Gasteiger partial charge in [-0.05, 0) is 60.4 Å². The monoisotopic (exact) mass is 452 g/mol. The lowest BCUT2D eigenvalue weighted by molar-refractivity contribution is 0.284. The molecule has 1 aromatic heterocycles. The number of ether oxygens (including phenoxy) is 2. The molecule has 0 bridgehead atoms. The second-order valence-electron chi connectivity index (χ2n) is 7.69. The molecule has 0 fully saturated rings. The van der Waals surface area contributed by atoms with Gasteiger partial charge in [0.05, 0.1) is 18.4 Å². The molecule has 5 heteroatoms. The van der Waals surface area contributed by atoms with Gasteiger partial charge in [-0.25, -0.2) is 4.98 Å². The third-order valence-electron chi connectivity index (χ3n) is 5.39. The van der Waals surface area contributed by atoms with Crippen molar-refractivity contribution < 1.29 is 9.47 Å². The quantitative estimate of drug-likeness (QED) is 0.281. The van der Waals surface area contributed by atoms with Crippen molar-refractivity contribution >= 4 is 23.0 Å². The first-order valence-electron chi connectivity index (χ1n) is 10.6. The summed E-state index contributed by atoms with van der Waals surface area (Å²) in [6.45, 7) is 4.64. The number of thiazole rings is 1. The Morgan fingerprint density at radius 1 is 1.00 bits per heavy atom. The summed E-state index contributed by atoms with van der Waals surface area (Å²) >= 11 is 1.47. The minimum atomic E-state index is 0.455. The van der Waals surface area contributed by atoms with E-state index in [2.05, 4.69) is 38.1 Å². The number of aromatic nitrogens is 1. The van der Waals surface area contributed by atoms with Crippen LogP contribution in [-0.2, 0) is 6.61 Å². The van der Waals surface area contributed by atoms with Gasteiger partial charge >= 0.3 is 0 Å². The fourth-order valence-corrected chi connectivity index (χ4v) is 4.16. The first kappa shape index (κ1) is 22.3. The van der Waals surface area contributed by atoms with E-state index in [-0.39, 0.29) is 0 Å². The standard InChI is InChI=1S/C28H24N2O2S/c1-19-9-11-23(13-20(19)2)25-18-33-28(30-25)24(16-29)14-22-10-12-26(27(15-22)31-3)32-17-21-7-5-4-6-8-21/h4-15,18H,17H2,1-3H3. The van der Waals surface area contributed by atoms with Crippen LogP contribution >= 0.6 is 11.3 Å². The normalized spacial score (nSPS) is 11.2. The summed E-state index contributed by atoms with van der Waals surface area (Å²) in [7, 11) is 1.61. The van der Waals surface area contributed by atoms with Crippen molar-refractivity contribution in [2.75, 3.05) is 7.11 Å². The summed E-state index contributed by atoms with van der Waals surface area (Å²) in [5.74, 6) is 1.27. The number of hydrogen-bond donors (Lipinski definition) is 0. The smallest absolute Gasteiger partial charge is 0.161 e. The fraction of sp³-hybridized carbons (Fsp3) is 0.143. The van der Waals surface area contributed by atoms with Crippen LogP contribution in [0, 0.1) is 25.2 Å². The Balaban J connectivity index is 1.56. The molecule has 0 amide bonds. The third kappa shape index (κ3) is 5.31. The van der Waals surface area contributed by atoms with Crippen LogP contribution in [0.2, 0.25) is 0 Å². The first-order valence-corrected chi connectivity index (χ1v) is 11.5. The summed E-state index contributed by atoms with van der Waals surface area (Å²) in [5.41, 5.74) is 6.84. The number of nitrogens with zero attached hydrogens (tertiary/aromatic N) is 2. The van der Waals surface area contributed by atoms with E-state index in [9.17, 15) is 5.26 Å². The van der Waals surface area contributed by atoms with Gasteiger partial charge in [-0.15, -0.1) is 11.3 Å². The topological polar surface area (TPSA) is 55.1 Å². The highest BCUT2D eigenvalue weighted by molar-refractivity contribution is 7.11. The second kappa shape index (κ2) is 10.2. The highest BCUT2D eigenvalue weighted by Crippen LogP contribution is 2.32. The van der Waals surface area contributed by atoms with Crippen LogP contribution in [-0.4, -0.2) is 12.1 Å². The van der Waals surface area contributed by atoms with Gasteiger partial charge in [-0.3, -0.25) is 0 Å². The van der Waals surface area contributed by atoms with E-state index in [0.29, 0.717) is 28.7 Å². The molecular formula is C28H24N2O2S. The van der Waals surface area contributed by atoms with Crippen molar-refractivity contribution in [3.8, 4) is 28.8 Å². The molecule has 0 aliphatic heterocycles. The molecule has 0 spiro atoms. The molecular weight excluding hydrogens is 428 g/mol. The SMILES string of the molecule is COc1cc(C=C(C#N)c2nc(-c3ccc(C)c(C)c3)cs2)ccc1OCc1ccccc1. The average Bonchev–Trinajstić information content (AvgIpc) is 3.34. The maximum atomic E-state index is 9.78. The van der Waals surface area contributed by atoms with Gasteiger partial charge in [-0.1, -0.05) is 48.5 Å². The Kier molecular flexibility index (Phi) is 6.87. The first-order chi connectivity index (χ1) is 16.1. The lowest BCUT2D eigenvalue weighted by Gasteiger charge is -2.11. The Hall–Kier alpha value is -3.88.